The van der Waals surface area contributed by atoms with Crippen molar-refractivity contribution in [1.29, 1.82) is 0 Å². The van der Waals surface area contributed by atoms with Crippen molar-refractivity contribution in [2.24, 2.45) is 11.3 Å². The summed E-state index contributed by atoms with van der Waals surface area (Å²) in [6.07, 6.45) is 6.45. The minimum absolute atomic E-state index is 0.223. The Morgan fingerprint density at radius 2 is 1.62 bits per heavy atom. The highest BCUT2D eigenvalue weighted by molar-refractivity contribution is 8.22. The van der Waals surface area contributed by atoms with Gasteiger partial charge >= 0.3 is 0 Å². The number of aliphatic hydroxyl groups excluding tert-OH is 1. The van der Waals surface area contributed by atoms with E-state index in [1.54, 1.807) is 11.1 Å². The summed E-state index contributed by atoms with van der Waals surface area (Å²) < 4.78 is 0.570. The van der Waals surface area contributed by atoms with Crippen molar-refractivity contribution < 1.29 is 5.11 Å². The summed E-state index contributed by atoms with van der Waals surface area (Å²) in [5.41, 5.74) is 5.08. The largest absolute Gasteiger partial charge is 0.396 e. The normalized spacial score (nSPS) is 35.4. The van der Waals surface area contributed by atoms with Crippen molar-refractivity contribution in [1.82, 2.24) is 0 Å². The molecule has 0 aromatic carbocycles. The van der Waals surface area contributed by atoms with Crippen molar-refractivity contribution in [2.75, 3.05) is 29.6 Å². The van der Waals surface area contributed by atoms with Crippen molar-refractivity contribution >= 4 is 47.0 Å². The van der Waals surface area contributed by atoms with Gasteiger partial charge in [-0.1, -0.05) is 19.9 Å². The van der Waals surface area contributed by atoms with Gasteiger partial charge in [-0.05, 0) is 48.3 Å². The van der Waals surface area contributed by atoms with E-state index in [0.717, 1.165) is 0 Å². The van der Waals surface area contributed by atoms with Crippen molar-refractivity contribution in [2.45, 2.75) is 48.2 Å². The Kier molecular flexibility index (Phi) is 4.91. The number of thioether (sulfide) groups is 4. The Morgan fingerprint density at radius 1 is 1.04 bits per heavy atom. The van der Waals surface area contributed by atoms with Crippen LogP contribution in [0.25, 0.3) is 0 Å². The van der Waals surface area contributed by atoms with Crippen molar-refractivity contribution in [3.8, 4) is 0 Å². The van der Waals surface area contributed by atoms with Crippen LogP contribution in [0.4, 0.5) is 0 Å². The zero-order valence-electron chi connectivity index (χ0n) is 14.9. The number of fused-ring (bicyclic) bond motifs is 1. The first kappa shape index (κ1) is 18.2. The third-order valence-corrected chi connectivity index (χ3v) is 13.5. The Bertz CT molecular complexity index is 584. The Labute approximate surface area is 163 Å². The van der Waals surface area contributed by atoms with Crippen LogP contribution >= 0.6 is 47.0 Å². The number of rotatable bonds is 2. The van der Waals surface area contributed by atoms with Gasteiger partial charge in [-0.15, -0.1) is 47.0 Å². The fourth-order valence-electron chi connectivity index (χ4n) is 4.92. The van der Waals surface area contributed by atoms with Crippen LogP contribution in [-0.4, -0.2) is 42.9 Å². The molecule has 2 aliphatic carbocycles. The van der Waals surface area contributed by atoms with Crippen LogP contribution in [0, 0.1) is 11.3 Å². The lowest BCUT2D eigenvalue weighted by molar-refractivity contribution is 0.241. The van der Waals surface area contributed by atoms with Crippen LogP contribution < -0.4 is 0 Å². The first-order valence-corrected chi connectivity index (χ1v) is 13.0. The first-order valence-electron chi connectivity index (χ1n) is 9.05. The van der Waals surface area contributed by atoms with E-state index < -0.39 is 0 Å². The van der Waals surface area contributed by atoms with E-state index in [-0.39, 0.29) is 16.6 Å². The fourth-order valence-corrected chi connectivity index (χ4v) is 12.1. The highest BCUT2D eigenvalue weighted by Crippen LogP contribution is 2.67. The van der Waals surface area contributed by atoms with Crippen molar-refractivity contribution in [3.63, 3.8) is 0 Å². The molecular weight excluding hydrogens is 372 g/mol. The molecule has 0 aromatic heterocycles. The van der Waals surface area contributed by atoms with Crippen LogP contribution in [0.15, 0.2) is 22.8 Å². The number of hydrogen-bond donors (Lipinski definition) is 1. The minimum Gasteiger partial charge on any atom is -0.396 e. The van der Waals surface area contributed by atoms with E-state index in [1.165, 1.54) is 47.8 Å². The summed E-state index contributed by atoms with van der Waals surface area (Å²) in [5, 5.41) is 9.88. The van der Waals surface area contributed by atoms with Gasteiger partial charge in [-0.3, -0.25) is 0 Å². The average molecular weight is 401 g/mol. The Morgan fingerprint density at radius 3 is 2.21 bits per heavy atom. The molecule has 0 aromatic rings. The van der Waals surface area contributed by atoms with Gasteiger partial charge in [-0.25, -0.2) is 0 Å². The number of hydrogen-bond acceptors (Lipinski definition) is 5. The summed E-state index contributed by atoms with van der Waals surface area (Å²) in [6, 6.07) is 0. The molecule has 134 valence electrons. The van der Waals surface area contributed by atoms with Gasteiger partial charge in [0.15, 0.2) is 0 Å². The summed E-state index contributed by atoms with van der Waals surface area (Å²) in [4.78, 5) is 0. The van der Waals surface area contributed by atoms with Gasteiger partial charge in [0.25, 0.3) is 0 Å². The standard InChI is InChI=1S/C19H28OS4/c1-13(11-20)15-10-16-14(2)18(21-6-7-22-18)5-4-17(16,3)12-19(15)23-8-9-24-19/h10,13,20H,4-9,11-12H2,1-3H3/t13-,17-/m1/s1. The van der Waals surface area contributed by atoms with Crippen molar-refractivity contribution in [3.05, 3.63) is 22.8 Å². The molecule has 0 unspecified atom stereocenters. The predicted octanol–water partition coefficient (Wildman–Crippen LogP) is 5.41. The maximum Gasteiger partial charge on any atom is 0.0835 e. The molecule has 2 saturated heterocycles. The molecule has 0 saturated carbocycles. The molecule has 4 aliphatic rings. The molecule has 0 bridgehead atoms. The molecule has 1 N–H and O–H groups in total. The summed E-state index contributed by atoms with van der Waals surface area (Å²) in [7, 11) is 0. The molecule has 2 spiro atoms. The van der Waals surface area contributed by atoms with Gasteiger partial charge in [-0.2, -0.15) is 0 Å². The van der Waals surface area contributed by atoms with E-state index in [4.69, 9.17) is 0 Å². The summed E-state index contributed by atoms with van der Waals surface area (Å²) >= 11 is 8.66. The quantitative estimate of drug-likeness (QED) is 0.666. The van der Waals surface area contributed by atoms with Crippen LogP contribution in [0.2, 0.25) is 0 Å². The van der Waals surface area contributed by atoms with Gasteiger partial charge in [0.05, 0.1) is 8.16 Å². The molecule has 1 nitrogen and oxygen atoms in total. The second-order valence-corrected chi connectivity index (χ2v) is 14.0. The lowest BCUT2D eigenvalue weighted by Gasteiger charge is -2.52. The molecule has 24 heavy (non-hydrogen) atoms. The van der Waals surface area contributed by atoms with Gasteiger partial charge in [0, 0.05) is 35.5 Å². The molecule has 2 atom stereocenters. The molecular formula is C19H28OS4. The second kappa shape index (κ2) is 6.47. The first-order chi connectivity index (χ1) is 11.4. The zero-order chi connectivity index (χ0) is 17.0. The third-order valence-electron chi connectivity index (χ3n) is 6.31. The zero-order valence-corrected chi connectivity index (χ0v) is 18.2. The van der Waals surface area contributed by atoms with Crippen LogP contribution in [-0.2, 0) is 0 Å². The molecule has 2 fully saturated rings. The Hall–Kier alpha value is 0.840. The van der Waals surface area contributed by atoms with Crippen LogP contribution in [0.1, 0.15) is 40.0 Å². The topological polar surface area (TPSA) is 20.2 Å². The smallest absolute Gasteiger partial charge is 0.0835 e. The number of aliphatic hydroxyl groups is 1. The maximum absolute atomic E-state index is 9.88. The SMILES string of the molecule is CC1=C2C=C([C@H](C)CO)C3(C[C@@]2(C)CCC12SCCS2)SCCS3. The van der Waals surface area contributed by atoms with E-state index in [9.17, 15) is 5.11 Å². The summed E-state index contributed by atoms with van der Waals surface area (Å²) in [6.45, 7) is 7.40. The number of allylic oxidation sites excluding steroid dienone is 2. The van der Waals surface area contributed by atoms with E-state index in [1.807, 2.05) is 0 Å². The fraction of sp³-hybridized carbons (Fsp3) is 0.789. The van der Waals surface area contributed by atoms with Gasteiger partial charge in [0.2, 0.25) is 0 Å². The van der Waals surface area contributed by atoms with Gasteiger partial charge in [0.1, 0.15) is 0 Å². The average Bonchev–Trinajstić information content (AvgIpc) is 3.22. The molecule has 2 heterocycles. The van der Waals surface area contributed by atoms with E-state index in [2.05, 4.69) is 73.9 Å². The highest BCUT2D eigenvalue weighted by atomic mass is 32.2. The monoisotopic (exact) mass is 400 g/mol. The molecule has 5 heteroatoms. The molecule has 2 aliphatic heterocycles. The minimum atomic E-state index is 0.223. The molecule has 4 rings (SSSR count). The maximum atomic E-state index is 9.88. The lowest BCUT2D eigenvalue weighted by Crippen LogP contribution is -2.43. The van der Waals surface area contributed by atoms with Crippen LogP contribution in [0.3, 0.4) is 0 Å². The highest BCUT2D eigenvalue weighted by Gasteiger charge is 2.54. The third kappa shape index (κ3) is 2.67. The molecule has 0 amide bonds. The van der Waals surface area contributed by atoms with E-state index >= 15 is 0 Å². The predicted molar refractivity (Wildman–Crippen MR) is 114 cm³/mol. The molecule has 0 radical (unpaired) electrons. The Balaban J connectivity index is 1.85. The lowest BCUT2D eigenvalue weighted by atomic mass is 9.63. The van der Waals surface area contributed by atoms with E-state index in [0.29, 0.717) is 9.49 Å². The second-order valence-electron chi connectivity index (χ2n) is 7.86. The van der Waals surface area contributed by atoms with Crippen LogP contribution in [0.5, 0.6) is 0 Å². The van der Waals surface area contributed by atoms with Gasteiger partial charge < -0.3 is 5.11 Å². The summed E-state index contributed by atoms with van der Waals surface area (Å²) in [5.74, 6) is 5.37.